The van der Waals surface area contributed by atoms with Gasteiger partial charge < -0.3 is 42.1 Å². The molecule has 4 atom stereocenters. The number of aliphatic hydroxyl groups is 4. The van der Waals surface area contributed by atoms with Crippen molar-refractivity contribution in [2.24, 2.45) is 11.5 Å². The monoisotopic (exact) mass is 922 g/mol. The van der Waals surface area contributed by atoms with E-state index < -0.39 is 48.2 Å². The van der Waals surface area contributed by atoms with Crippen molar-refractivity contribution in [2.75, 3.05) is 13.2 Å². The first kappa shape index (κ1) is 51.5. The molecule has 6 rings (SSSR count). The molecule has 6 aromatic rings. The van der Waals surface area contributed by atoms with Crippen LogP contribution in [0.3, 0.4) is 0 Å². The molecule has 62 heavy (non-hydrogen) atoms. The van der Waals surface area contributed by atoms with Crippen LogP contribution in [-0.2, 0) is 20.4 Å². The van der Waals surface area contributed by atoms with E-state index in [-0.39, 0.29) is 12.1 Å². The van der Waals surface area contributed by atoms with Crippen molar-refractivity contribution in [3.8, 4) is 0 Å². The van der Waals surface area contributed by atoms with Crippen molar-refractivity contribution in [1.29, 1.82) is 0 Å². The van der Waals surface area contributed by atoms with E-state index in [1.807, 2.05) is 26.0 Å². The number of aliphatic hydroxyl groups excluding tert-OH is 4. The van der Waals surface area contributed by atoms with E-state index in [0.29, 0.717) is 42.3 Å². The van der Waals surface area contributed by atoms with E-state index in [4.69, 9.17) is 57.9 Å². The van der Waals surface area contributed by atoms with Crippen LogP contribution < -0.4 is 11.5 Å². The molecule has 0 aliphatic carbocycles. The minimum absolute atomic E-state index is 0.0419. The van der Waals surface area contributed by atoms with E-state index in [0.717, 1.165) is 11.1 Å². The lowest BCUT2D eigenvalue weighted by Gasteiger charge is -2.35. The van der Waals surface area contributed by atoms with Crippen molar-refractivity contribution in [3.63, 3.8) is 0 Å². The smallest absolute Gasteiger partial charge is 0.333 e. The van der Waals surface area contributed by atoms with Crippen molar-refractivity contribution in [3.05, 3.63) is 211 Å². The topological polar surface area (TPSA) is 208 Å². The molecular formula is C48H50Cl4N2O8. The molecule has 0 spiro atoms. The van der Waals surface area contributed by atoms with Gasteiger partial charge in [-0.25, -0.2) is 9.59 Å². The Hall–Kier alpha value is -4.82. The Kier molecular flexibility index (Phi) is 20.5. The third-order valence-corrected chi connectivity index (χ3v) is 11.1. The molecule has 0 radical (unpaired) electrons. The Labute approximate surface area is 381 Å². The highest BCUT2D eigenvalue weighted by molar-refractivity contribution is 6.35. The summed E-state index contributed by atoms with van der Waals surface area (Å²) in [6.45, 7) is 2.76. The third-order valence-electron chi connectivity index (χ3n) is 9.96. The predicted octanol–water partition coefficient (Wildman–Crippen LogP) is 8.85. The summed E-state index contributed by atoms with van der Waals surface area (Å²) in [6.07, 6.45) is -3.48. The summed E-state index contributed by atoms with van der Waals surface area (Å²) in [6, 6.07) is 45.4. The molecule has 0 fully saturated rings. The summed E-state index contributed by atoms with van der Waals surface area (Å²) in [5.41, 5.74) is 12.6. The number of nitrogens with two attached hydrogens (primary N) is 2. The normalized spacial score (nSPS) is 13.0. The van der Waals surface area contributed by atoms with E-state index in [1.54, 1.807) is 146 Å². The molecule has 0 bridgehead atoms. The van der Waals surface area contributed by atoms with Gasteiger partial charge in [-0.15, -0.1) is 0 Å². The van der Waals surface area contributed by atoms with Crippen LogP contribution >= 0.6 is 46.4 Å². The van der Waals surface area contributed by atoms with Gasteiger partial charge in [-0.05, 0) is 71.5 Å². The quantitative estimate of drug-likeness (QED) is 0.0585. The van der Waals surface area contributed by atoms with Gasteiger partial charge in [0.25, 0.3) is 0 Å². The Balaban J connectivity index is 0.000000229. The van der Waals surface area contributed by atoms with Crippen LogP contribution in [-0.4, -0.2) is 68.0 Å². The number of benzene rings is 6. The van der Waals surface area contributed by atoms with Gasteiger partial charge in [0.2, 0.25) is 0 Å². The summed E-state index contributed by atoms with van der Waals surface area (Å²) in [7, 11) is 0. The van der Waals surface area contributed by atoms with Crippen molar-refractivity contribution >= 4 is 58.3 Å². The molecule has 10 nitrogen and oxygen atoms in total. The van der Waals surface area contributed by atoms with Crippen LogP contribution in [0.15, 0.2) is 158 Å². The largest absolute Gasteiger partial charge is 0.479 e. The maximum Gasteiger partial charge on any atom is 0.333 e. The van der Waals surface area contributed by atoms with Crippen LogP contribution in [0.1, 0.15) is 59.3 Å². The SMILES string of the molecule is C[C@@H](N)c1ccc(Cl)cc1Cl.C[C@H](N)c1ccc(Cl)cc1Cl.O=C(O)C(O)C(CO)(c1ccccc1)c1ccccc1.O=C(O)[C@@H](O)C(CO)(c1ccccc1)c1ccccc1. The summed E-state index contributed by atoms with van der Waals surface area (Å²) in [4.78, 5) is 22.6. The van der Waals surface area contributed by atoms with Crippen LogP contribution in [0.5, 0.6) is 0 Å². The second-order valence-corrected chi connectivity index (χ2v) is 15.8. The molecule has 0 aliphatic heterocycles. The van der Waals surface area contributed by atoms with Gasteiger partial charge in [-0.2, -0.15) is 0 Å². The lowest BCUT2D eigenvalue weighted by Crippen LogP contribution is -2.48. The molecule has 0 aromatic heterocycles. The highest BCUT2D eigenvalue weighted by Crippen LogP contribution is 2.37. The number of halogens is 4. The maximum atomic E-state index is 11.3. The zero-order valence-corrected chi connectivity index (χ0v) is 36.9. The third kappa shape index (κ3) is 13.1. The zero-order valence-electron chi connectivity index (χ0n) is 33.9. The van der Waals surface area contributed by atoms with Gasteiger partial charge in [0.15, 0.2) is 12.2 Å². The first-order valence-electron chi connectivity index (χ1n) is 19.1. The average Bonchev–Trinajstić information content (AvgIpc) is 3.26. The second kappa shape index (κ2) is 24.7. The van der Waals surface area contributed by atoms with Gasteiger partial charge in [-0.1, -0.05) is 180 Å². The molecule has 0 aliphatic rings. The Morgan fingerprint density at radius 2 is 0.726 bits per heavy atom. The van der Waals surface area contributed by atoms with Crippen LogP contribution in [0.25, 0.3) is 0 Å². The van der Waals surface area contributed by atoms with E-state index in [2.05, 4.69) is 0 Å². The molecule has 0 amide bonds. The highest BCUT2D eigenvalue weighted by atomic mass is 35.5. The lowest BCUT2D eigenvalue weighted by molar-refractivity contribution is -0.151. The summed E-state index contributed by atoms with van der Waals surface area (Å²) in [5, 5.41) is 61.1. The second-order valence-electron chi connectivity index (χ2n) is 14.1. The number of carboxylic acids is 2. The fourth-order valence-corrected chi connectivity index (χ4v) is 7.77. The van der Waals surface area contributed by atoms with Crippen LogP contribution in [0.4, 0.5) is 0 Å². The van der Waals surface area contributed by atoms with Gasteiger partial charge >= 0.3 is 11.9 Å². The molecule has 0 heterocycles. The number of hydrogen-bond acceptors (Lipinski definition) is 8. The minimum Gasteiger partial charge on any atom is -0.479 e. The van der Waals surface area contributed by atoms with Crippen LogP contribution in [0, 0.1) is 0 Å². The number of rotatable bonds is 12. The van der Waals surface area contributed by atoms with Crippen molar-refractivity contribution in [1.82, 2.24) is 0 Å². The molecule has 0 saturated carbocycles. The number of aliphatic carboxylic acids is 2. The lowest BCUT2D eigenvalue weighted by atomic mass is 9.71. The van der Waals surface area contributed by atoms with E-state index in [1.165, 1.54) is 0 Å². The fourth-order valence-electron chi connectivity index (χ4n) is 6.61. The number of carbonyl (C=O) groups is 2. The molecule has 328 valence electrons. The van der Waals surface area contributed by atoms with Crippen molar-refractivity contribution in [2.45, 2.75) is 49.0 Å². The molecule has 6 aromatic carbocycles. The van der Waals surface area contributed by atoms with E-state index >= 15 is 0 Å². The maximum absolute atomic E-state index is 11.3. The summed E-state index contributed by atoms with van der Waals surface area (Å²) in [5.74, 6) is -2.74. The summed E-state index contributed by atoms with van der Waals surface area (Å²) >= 11 is 23.1. The average molecular weight is 925 g/mol. The molecule has 0 saturated heterocycles. The fraction of sp³-hybridized carbons (Fsp3) is 0.208. The first-order chi connectivity index (χ1) is 29.5. The Morgan fingerprint density at radius 3 is 0.903 bits per heavy atom. The Morgan fingerprint density at radius 1 is 0.484 bits per heavy atom. The van der Waals surface area contributed by atoms with Crippen LogP contribution in [0.2, 0.25) is 20.1 Å². The van der Waals surface area contributed by atoms with E-state index in [9.17, 15) is 40.2 Å². The van der Waals surface area contributed by atoms with Gasteiger partial charge in [0, 0.05) is 32.2 Å². The molecule has 14 heteroatoms. The molecule has 1 unspecified atom stereocenters. The molecular weight excluding hydrogens is 874 g/mol. The highest BCUT2D eigenvalue weighted by Gasteiger charge is 2.46. The van der Waals surface area contributed by atoms with Gasteiger partial charge in [0.1, 0.15) is 0 Å². The number of carboxylic acid groups (broad SMARTS) is 2. The zero-order chi connectivity index (χ0) is 46.0. The first-order valence-corrected chi connectivity index (χ1v) is 20.7. The minimum atomic E-state index is -1.74. The Bertz CT molecular complexity index is 2050. The van der Waals surface area contributed by atoms with Crippen molar-refractivity contribution < 1.29 is 40.2 Å². The van der Waals surface area contributed by atoms with Gasteiger partial charge in [0.05, 0.1) is 24.0 Å². The van der Waals surface area contributed by atoms with Gasteiger partial charge in [-0.3, -0.25) is 0 Å². The standard InChI is InChI=1S/2C16H16O4.2C8H9Cl2N/c2*17-11-16(14(18)15(19)20,12-7-3-1-4-8-12)13-9-5-2-6-10-13;2*1-5(11)7-3-2-6(9)4-8(7)10/h2*1-10,14,17-18H,11H2,(H,19,20);2*2-5H,11H2,1H3/t14-;;2*5-/m1.10/s1. The number of hydrogen-bond donors (Lipinski definition) is 8. The molecule has 10 N–H and O–H groups in total. The predicted molar refractivity (Wildman–Crippen MR) is 247 cm³/mol. The summed E-state index contributed by atoms with van der Waals surface area (Å²) < 4.78 is 0.